The molecule has 0 saturated carbocycles. The molecule has 0 radical (unpaired) electrons. The summed E-state index contributed by atoms with van der Waals surface area (Å²) < 4.78 is 11.0. The molecule has 5 heteroatoms. The number of nitrogens with one attached hydrogen (secondary N) is 1. The molecular weight excluding hydrogens is 350 g/mol. The van der Waals surface area contributed by atoms with Crippen LogP contribution in [-0.2, 0) is 0 Å². The van der Waals surface area contributed by atoms with Crippen molar-refractivity contribution in [1.29, 1.82) is 0 Å². The van der Waals surface area contributed by atoms with E-state index in [1.807, 2.05) is 24.3 Å². The first kappa shape index (κ1) is 18.1. The van der Waals surface area contributed by atoms with Crippen molar-refractivity contribution in [3.63, 3.8) is 0 Å². The second-order valence-corrected chi connectivity index (χ2v) is 6.71. The zero-order chi connectivity index (χ0) is 18.7. The standard InChI is InChI=1S/C21H20ClNO3/c1-13(2)15-10-17(12-18(11-15)25-3)23-21(24)20-9-8-19(26-20)14-4-6-16(22)7-5-14/h4-13H,1-3H3,(H,23,24). The Balaban J connectivity index is 1.80. The Hall–Kier alpha value is -2.72. The summed E-state index contributed by atoms with van der Waals surface area (Å²) in [6.07, 6.45) is 0. The van der Waals surface area contributed by atoms with Gasteiger partial charge in [0, 0.05) is 22.3 Å². The molecule has 1 heterocycles. The first-order valence-corrected chi connectivity index (χ1v) is 8.70. The maximum absolute atomic E-state index is 12.5. The number of carbonyl (C=O) groups excluding carboxylic acids is 1. The van der Waals surface area contributed by atoms with E-state index in [0.717, 1.165) is 11.1 Å². The van der Waals surface area contributed by atoms with Crippen molar-refractivity contribution in [2.24, 2.45) is 0 Å². The summed E-state index contributed by atoms with van der Waals surface area (Å²) in [5.74, 6) is 1.56. The minimum Gasteiger partial charge on any atom is -0.497 e. The van der Waals surface area contributed by atoms with E-state index in [2.05, 4.69) is 19.2 Å². The van der Waals surface area contributed by atoms with Crippen LogP contribution in [-0.4, -0.2) is 13.0 Å². The topological polar surface area (TPSA) is 51.5 Å². The van der Waals surface area contributed by atoms with Gasteiger partial charge in [0.05, 0.1) is 7.11 Å². The Morgan fingerprint density at radius 3 is 2.46 bits per heavy atom. The van der Waals surface area contributed by atoms with Gasteiger partial charge in [-0.2, -0.15) is 0 Å². The highest BCUT2D eigenvalue weighted by Crippen LogP contribution is 2.27. The molecule has 0 aliphatic heterocycles. The normalized spacial score (nSPS) is 10.8. The molecule has 1 N–H and O–H groups in total. The molecule has 1 aromatic heterocycles. The first-order valence-electron chi connectivity index (χ1n) is 8.32. The zero-order valence-electron chi connectivity index (χ0n) is 14.9. The van der Waals surface area contributed by atoms with E-state index < -0.39 is 0 Å². The molecule has 1 amide bonds. The van der Waals surface area contributed by atoms with E-state index in [9.17, 15) is 4.79 Å². The molecular formula is C21H20ClNO3. The second kappa shape index (κ2) is 7.67. The molecule has 0 aliphatic carbocycles. The molecule has 0 aliphatic rings. The van der Waals surface area contributed by atoms with Gasteiger partial charge in [-0.25, -0.2) is 0 Å². The third kappa shape index (κ3) is 4.09. The van der Waals surface area contributed by atoms with Gasteiger partial charge >= 0.3 is 0 Å². The zero-order valence-corrected chi connectivity index (χ0v) is 15.6. The Morgan fingerprint density at radius 2 is 1.81 bits per heavy atom. The lowest BCUT2D eigenvalue weighted by atomic mass is 10.0. The van der Waals surface area contributed by atoms with Crippen molar-refractivity contribution >= 4 is 23.2 Å². The Bertz CT molecular complexity index is 913. The van der Waals surface area contributed by atoms with Gasteiger partial charge in [-0.05, 0) is 60.0 Å². The third-order valence-corrected chi connectivity index (χ3v) is 4.30. The fourth-order valence-electron chi connectivity index (χ4n) is 2.57. The molecule has 0 unspecified atom stereocenters. The van der Waals surface area contributed by atoms with Crippen LogP contribution in [0.4, 0.5) is 5.69 Å². The number of benzene rings is 2. The average molecular weight is 370 g/mol. The number of ether oxygens (including phenoxy) is 1. The number of halogens is 1. The van der Waals surface area contributed by atoms with E-state index >= 15 is 0 Å². The molecule has 134 valence electrons. The van der Waals surface area contributed by atoms with Gasteiger partial charge in [-0.3, -0.25) is 4.79 Å². The summed E-state index contributed by atoms with van der Waals surface area (Å²) in [6, 6.07) is 16.4. The number of amides is 1. The van der Waals surface area contributed by atoms with Gasteiger partial charge < -0.3 is 14.5 Å². The van der Waals surface area contributed by atoms with Gasteiger partial charge in [0.15, 0.2) is 5.76 Å². The van der Waals surface area contributed by atoms with Crippen LogP contribution in [0.1, 0.15) is 35.9 Å². The van der Waals surface area contributed by atoms with Crippen molar-refractivity contribution < 1.29 is 13.9 Å². The Kier molecular flexibility index (Phi) is 5.33. The van der Waals surface area contributed by atoms with Crippen molar-refractivity contribution in [2.75, 3.05) is 12.4 Å². The summed E-state index contributed by atoms with van der Waals surface area (Å²) >= 11 is 5.90. The lowest BCUT2D eigenvalue weighted by Gasteiger charge is -2.12. The van der Waals surface area contributed by atoms with Gasteiger partial charge in [-0.15, -0.1) is 0 Å². The highest BCUT2D eigenvalue weighted by Gasteiger charge is 2.14. The van der Waals surface area contributed by atoms with E-state index in [1.54, 1.807) is 37.4 Å². The number of rotatable bonds is 5. The molecule has 4 nitrogen and oxygen atoms in total. The molecule has 0 spiro atoms. The highest BCUT2D eigenvalue weighted by atomic mass is 35.5. The molecule has 0 atom stereocenters. The Morgan fingerprint density at radius 1 is 1.08 bits per heavy atom. The number of hydrogen-bond acceptors (Lipinski definition) is 3. The summed E-state index contributed by atoms with van der Waals surface area (Å²) in [5.41, 5.74) is 2.61. The molecule has 0 saturated heterocycles. The second-order valence-electron chi connectivity index (χ2n) is 6.27. The van der Waals surface area contributed by atoms with Crippen LogP contribution in [0.2, 0.25) is 5.02 Å². The van der Waals surface area contributed by atoms with E-state index in [1.165, 1.54) is 0 Å². The molecule has 0 fully saturated rings. The number of methoxy groups -OCH3 is 1. The minimum atomic E-state index is -0.312. The summed E-state index contributed by atoms with van der Waals surface area (Å²) in [5, 5.41) is 3.52. The average Bonchev–Trinajstić information content (AvgIpc) is 3.12. The van der Waals surface area contributed by atoms with E-state index in [4.69, 9.17) is 20.8 Å². The molecule has 0 bridgehead atoms. The maximum Gasteiger partial charge on any atom is 0.291 e. The predicted octanol–water partition coefficient (Wildman–Crippen LogP) is 5.98. The third-order valence-electron chi connectivity index (χ3n) is 4.05. The van der Waals surface area contributed by atoms with Gasteiger partial charge in [0.2, 0.25) is 0 Å². The van der Waals surface area contributed by atoms with Crippen molar-refractivity contribution in [1.82, 2.24) is 0 Å². The smallest absolute Gasteiger partial charge is 0.291 e. The fourth-order valence-corrected chi connectivity index (χ4v) is 2.69. The summed E-state index contributed by atoms with van der Waals surface area (Å²) in [7, 11) is 1.61. The quantitative estimate of drug-likeness (QED) is 0.601. The van der Waals surface area contributed by atoms with Gasteiger partial charge in [-0.1, -0.05) is 25.4 Å². The monoisotopic (exact) mass is 369 g/mol. The number of anilines is 1. The maximum atomic E-state index is 12.5. The lowest BCUT2D eigenvalue weighted by molar-refractivity contribution is 0.0997. The van der Waals surface area contributed by atoms with Crippen LogP contribution in [0, 0.1) is 0 Å². The Labute approximate surface area is 157 Å². The van der Waals surface area contributed by atoms with Crippen LogP contribution in [0.25, 0.3) is 11.3 Å². The van der Waals surface area contributed by atoms with Crippen LogP contribution in [0.3, 0.4) is 0 Å². The summed E-state index contributed by atoms with van der Waals surface area (Å²) in [6.45, 7) is 4.18. The molecule has 2 aromatic carbocycles. The van der Waals surface area contributed by atoms with E-state index in [-0.39, 0.29) is 11.7 Å². The minimum absolute atomic E-state index is 0.240. The number of carbonyl (C=O) groups is 1. The largest absolute Gasteiger partial charge is 0.497 e. The van der Waals surface area contributed by atoms with Crippen LogP contribution in [0.15, 0.2) is 59.0 Å². The lowest BCUT2D eigenvalue weighted by Crippen LogP contribution is -2.11. The molecule has 3 rings (SSSR count). The molecule has 3 aromatic rings. The fraction of sp³-hybridized carbons (Fsp3) is 0.190. The van der Waals surface area contributed by atoms with Crippen LogP contribution >= 0.6 is 11.6 Å². The van der Waals surface area contributed by atoms with Crippen LogP contribution < -0.4 is 10.1 Å². The molecule has 26 heavy (non-hydrogen) atoms. The van der Waals surface area contributed by atoms with E-state index in [0.29, 0.717) is 28.1 Å². The first-order chi connectivity index (χ1) is 12.5. The van der Waals surface area contributed by atoms with Crippen molar-refractivity contribution in [3.05, 3.63) is 70.9 Å². The highest BCUT2D eigenvalue weighted by molar-refractivity contribution is 6.30. The van der Waals surface area contributed by atoms with Crippen LogP contribution in [0.5, 0.6) is 5.75 Å². The number of hydrogen-bond donors (Lipinski definition) is 1. The van der Waals surface area contributed by atoms with Gasteiger partial charge in [0.1, 0.15) is 11.5 Å². The van der Waals surface area contributed by atoms with Crippen molar-refractivity contribution in [2.45, 2.75) is 19.8 Å². The SMILES string of the molecule is COc1cc(NC(=O)c2ccc(-c3ccc(Cl)cc3)o2)cc(C(C)C)c1. The number of furan rings is 1. The van der Waals surface area contributed by atoms with Gasteiger partial charge in [0.25, 0.3) is 5.91 Å². The predicted molar refractivity (Wildman–Crippen MR) is 104 cm³/mol. The van der Waals surface area contributed by atoms with Crippen molar-refractivity contribution in [3.8, 4) is 17.1 Å². The summed E-state index contributed by atoms with van der Waals surface area (Å²) in [4.78, 5) is 12.5.